The van der Waals surface area contributed by atoms with Crippen molar-refractivity contribution in [1.29, 1.82) is 0 Å². The van der Waals surface area contributed by atoms with E-state index >= 15 is 0 Å². The monoisotopic (exact) mass is 526 g/mol. The summed E-state index contributed by atoms with van der Waals surface area (Å²) >= 11 is 4.09. The molecule has 36 heavy (non-hydrogen) atoms. The first-order chi connectivity index (χ1) is 16.9. The molecule has 0 saturated heterocycles. The predicted octanol–water partition coefficient (Wildman–Crippen LogP) is -0.358. The van der Waals surface area contributed by atoms with E-state index in [9.17, 15) is 34.2 Å². The number of carboxylic acids is 2. The molecule has 0 saturated carbocycles. The minimum absolute atomic E-state index is 0.0123. The van der Waals surface area contributed by atoms with Crippen LogP contribution in [0.25, 0.3) is 0 Å². The molecule has 0 spiro atoms. The van der Waals surface area contributed by atoms with Crippen LogP contribution < -0.4 is 21.7 Å². The largest absolute Gasteiger partial charge is 0.508 e. The molecule has 0 aliphatic heterocycles. The number of nitrogens with one attached hydrogen (secondary N) is 3. The van der Waals surface area contributed by atoms with Crippen molar-refractivity contribution in [3.05, 3.63) is 29.8 Å². The van der Waals surface area contributed by atoms with Gasteiger partial charge in [0.15, 0.2) is 0 Å². The van der Waals surface area contributed by atoms with E-state index in [0.29, 0.717) is 12.0 Å². The van der Waals surface area contributed by atoms with E-state index in [-0.39, 0.29) is 36.7 Å². The molecule has 1 aromatic carbocycles. The molecule has 0 aromatic heterocycles. The summed E-state index contributed by atoms with van der Waals surface area (Å²) in [4.78, 5) is 60.6. The lowest BCUT2D eigenvalue weighted by Crippen LogP contribution is -2.59. The lowest BCUT2D eigenvalue weighted by Gasteiger charge is -2.27. The van der Waals surface area contributed by atoms with Crippen LogP contribution in [0.15, 0.2) is 24.3 Å². The van der Waals surface area contributed by atoms with E-state index < -0.39 is 53.8 Å². The Kier molecular flexibility index (Phi) is 12.7. The number of aliphatic carboxylic acids is 2. The number of carbonyl (C=O) groups excluding carboxylic acids is 3. The first-order valence-electron chi connectivity index (χ1n) is 11.4. The van der Waals surface area contributed by atoms with Gasteiger partial charge in [-0.25, -0.2) is 4.79 Å². The Morgan fingerprint density at radius 3 is 2.03 bits per heavy atom. The highest BCUT2D eigenvalue weighted by atomic mass is 32.1. The van der Waals surface area contributed by atoms with Gasteiger partial charge in [-0.2, -0.15) is 12.6 Å². The summed E-state index contributed by atoms with van der Waals surface area (Å²) < 4.78 is 0. The van der Waals surface area contributed by atoms with Gasteiger partial charge >= 0.3 is 11.9 Å². The van der Waals surface area contributed by atoms with Gasteiger partial charge in [0.05, 0.1) is 6.04 Å². The second kappa shape index (κ2) is 14.9. The minimum atomic E-state index is -1.31. The van der Waals surface area contributed by atoms with Crippen LogP contribution in [0.5, 0.6) is 5.75 Å². The number of carboxylic acid groups (broad SMARTS) is 2. The van der Waals surface area contributed by atoms with E-state index in [0.717, 1.165) is 0 Å². The molecule has 5 unspecified atom stereocenters. The zero-order valence-electron chi connectivity index (χ0n) is 20.1. The summed E-state index contributed by atoms with van der Waals surface area (Å²) in [5.74, 6) is -5.07. The van der Waals surface area contributed by atoms with Crippen molar-refractivity contribution in [1.82, 2.24) is 16.0 Å². The number of rotatable bonds is 15. The Balaban J connectivity index is 2.88. The molecule has 1 aromatic rings. The number of benzene rings is 1. The van der Waals surface area contributed by atoms with Crippen LogP contribution in [-0.2, 0) is 30.4 Å². The molecule has 8 N–H and O–H groups in total. The second-order valence-corrected chi connectivity index (χ2v) is 8.79. The average Bonchev–Trinajstić information content (AvgIpc) is 2.83. The van der Waals surface area contributed by atoms with Gasteiger partial charge in [-0.15, -0.1) is 0 Å². The Morgan fingerprint density at radius 1 is 0.944 bits per heavy atom. The molecule has 0 radical (unpaired) electrons. The van der Waals surface area contributed by atoms with Crippen LogP contribution >= 0.6 is 12.6 Å². The van der Waals surface area contributed by atoms with Crippen LogP contribution in [0.4, 0.5) is 0 Å². The maximum Gasteiger partial charge on any atom is 0.326 e. The summed E-state index contributed by atoms with van der Waals surface area (Å²) in [6.45, 7) is 3.51. The number of phenolic OH excluding ortho intramolecular Hbond substituents is 1. The number of aromatic hydroxyl groups is 1. The van der Waals surface area contributed by atoms with E-state index in [1.807, 2.05) is 0 Å². The number of thiol groups is 1. The van der Waals surface area contributed by atoms with Crippen molar-refractivity contribution in [2.75, 3.05) is 5.75 Å². The van der Waals surface area contributed by atoms with E-state index in [1.54, 1.807) is 13.8 Å². The summed E-state index contributed by atoms with van der Waals surface area (Å²) in [5.41, 5.74) is 6.29. The number of phenols is 1. The predicted molar refractivity (Wildman–Crippen MR) is 133 cm³/mol. The quantitative estimate of drug-likeness (QED) is 0.140. The third kappa shape index (κ3) is 10.1. The molecule has 12 nitrogen and oxygen atoms in total. The highest BCUT2D eigenvalue weighted by Gasteiger charge is 2.32. The minimum Gasteiger partial charge on any atom is -0.508 e. The van der Waals surface area contributed by atoms with Gasteiger partial charge in [-0.05, 0) is 30.0 Å². The molecule has 0 heterocycles. The third-order valence-corrected chi connectivity index (χ3v) is 5.97. The summed E-state index contributed by atoms with van der Waals surface area (Å²) in [6, 6.07) is 1.12. The van der Waals surface area contributed by atoms with Crippen molar-refractivity contribution in [2.24, 2.45) is 11.7 Å². The van der Waals surface area contributed by atoms with Gasteiger partial charge in [0, 0.05) is 18.6 Å². The molecule has 5 atom stereocenters. The molecule has 3 amide bonds. The van der Waals surface area contributed by atoms with Gasteiger partial charge < -0.3 is 37.0 Å². The Bertz CT molecular complexity index is 927. The Morgan fingerprint density at radius 2 is 1.53 bits per heavy atom. The lowest BCUT2D eigenvalue weighted by molar-refractivity contribution is -0.142. The SMILES string of the molecule is CCC(C)C(NC(=O)C(N)CCC(=O)O)C(=O)NC(CS)C(=O)NC(Cc1ccc(O)cc1)C(=O)O. The lowest BCUT2D eigenvalue weighted by atomic mass is 9.97. The maximum absolute atomic E-state index is 13.0. The summed E-state index contributed by atoms with van der Waals surface area (Å²) in [6.07, 6.45) is 0.00339. The fourth-order valence-electron chi connectivity index (χ4n) is 3.17. The molecule has 0 bridgehead atoms. The third-order valence-electron chi connectivity index (χ3n) is 5.61. The van der Waals surface area contributed by atoms with Crippen molar-refractivity contribution in [3.63, 3.8) is 0 Å². The van der Waals surface area contributed by atoms with Gasteiger partial charge in [0.1, 0.15) is 23.9 Å². The van der Waals surface area contributed by atoms with Crippen molar-refractivity contribution in [3.8, 4) is 5.75 Å². The van der Waals surface area contributed by atoms with Crippen LogP contribution in [0, 0.1) is 5.92 Å². The average molecular weight is 527 g/mol. The van der Waals surface area contributed by atoms with Gasteiger partial charge in [0.25, 0.3) is 0 Å². The molecule has 0 aliphatic rings. The smallest absolute Gasteiger partial charge is 0.326 e. The van der Waals surface area contributed by atoms with Gasteiger partial charge in [-0.1, -0.05) is 32.4 Å². The summed E-state index contributed by atoms with van der Waals surface area (Å²) in [5, 5.41) is 35.1. The van der Waals surface area contributed by atoms with Crippen LogP contribution in [0.3, 0.4) is 0 Å². The number of nitrogens with two attached hydrogens (primary N) is 1. The molecule has 0 fully saturated rings. The Labute approximate surface area is 214 Å². The molecular weight excluding hydrogens is 492 g/mol. The van der Waals surface area contributed by atoms with Crippen LogP contribution in [-0.4, -0.2) is 74.9 Å². The standard InChI is InChI=1S/C23H34N4O8S/c1-3-12(2)19(27-20(31)15(24)8-9-18(29)30)22(33)26-17(11-36)21(32)25-16(23(34)35)10-13-4-6-14(28)7-5-13/h4-7,12,15-17,19,28,36H,3,8-11,24H2,1-2H3,(H,25,32)(H,26,33)(H,27,31)(H,29,30)(H,34,35). The van der Waals surface area contributed by atoms with Gasteiger partial charge in [-0.3, -0.25) is 19.2 Å². The van der Waals surface area contributed by atoms with Crippen LogP contribution in [0.2, 0.25) is 0 Å². The molecule has 200 valence electrons. The highest BCUT2D eigenvalue weighted by molar-refractivity contribution is 7.80. The Hall–Kier alpha value is -3.32. The topological polar surface area (TPSA) is 208 Å². The van der Waals surface area contributed by atoms with E-state index in [2.05, 4.69) is 28.6 Å². The fourth-order valence-corrected chi connectivity index (χ4v) is 3.43. The van der Waals surface area contributed by atoms with Crippen molar-refractivity contribution >= 4 is 42.3 Å². The number of carbonyl (C=O) groups is 5. The molecule has 13 heteroatoms. The second-order valence-electron chi connectivity index (χ2n) is 8.42. The fraction of sp³-hybridized carbons (Fsp3) is 0.522. The van der Waals surface area contributed by atoms with E-state index in [1.165, 1.54) is 24.3 Å². The number of amides is 3. The summed E-state index contributed by atoms with van der Waals surface area (Å²) in [7, 11) is 0. The first kappa shape index (κ1) is 30.7. The highest BCUT2D eigenvalue weighted by Crippen LogP contribution is 2.12. The first-order valence-corrected chi connectivity index (χ1v) is 12.0. The molecular formula is C23H34N4O8S. The zero-order chi connectivity index (χ0) is 27.4. The van der Waals surface area contributed by atoms with E-state index in [4.69, 9.17) is 10.8 Å². The molecule has 1 rings (SSSR count). The maximum atomic E-state index is 13.0. The number of hydrogen-bond acceptors (Lipinski definition) is 8. The normalized spacial score (nSPS) is 15.0. The zero-order valence-corrected chi connectivity index (χ0v) is 21.0. The molecule has 0 aliphatic carbocycles. The van der Waals surface area contributed by atoms with Crippen molar-refractivity contribution in [2.45, 2.75) is 63.7 Å². The van der Waals surface area contributed by atoms with Gasteiger partial charge in [0.2, 0.25) is 17.7 Å². The number of hydrogen-bond donors (Lipinski definition) is 8. The van der Waals surface area contributed by atoms with Crippen molar-refractivity contribution < 1.29 is 39.3 Å². The van der Waals surface area contributed by atoms with Crippen LogP contribution in [0.1, 0.15) is 38.7 Å².